The van der Waals surface area contributed by atoms with Crippen LogP contribution >= 0.6 is 0 Å². The lowest BCUT2D eigenvalue weighted by Gasteiger charge is -2.22. The number of hydrogen-bond donors (Lipinski definition) is 1. The summed E-state index contributed by atoms with van der Waals surface area (Å²) in [6.07, 6.45) is 3.11. The van der Waals surface area contributed by atoms with Crippen LogP contribution in [-0.4, -0.2) is 34.9 Å². The van der Waals surface area contributed by atoms with Crippen molar-refractivity contribution in [1.29, 1.82) is 0 Å². The van der Waals surface area contributed by atoms with E-state index in [-0.39, 0.29) is 6.10 Å². The van der Waals surface area contributed by atoms with Crippen LogP contribution in [0.15, 0.2) is 12.5 Å². The van der Waals surface area contributed by atoms with Crippen LogP contribution in [0.3, 0.4) is 0 Å². The summed E-state index contributed by atoms with van der Waals surface area (Å²) < 4.78 is 5.47. The van der Waals surface area contributed by atoms with Crippen molar-refractivity contribution in [2.45, 2.75) is 6.10 Å². The van der Waals surface area contributed by atoms with Crippen LogP contribution in [0.4, 0.5) is 0 Å². The van der Waals surface area contributed by atoms with Crippen molar-refractivity contribution in [1.82, 2.24) is 20.5 Å². The molecule has 5 nitrogen and oxygen atoms in total. The van der Waals surface area contributed by atoms with Gasteiger partial charge in [-0.2, -0.15) is 5.10 Å². The van der Waals surface area contributed by atoms with Crippen molar-refractivity contribution in [3.8, 4) is 0 Å². The number of ether oxygens (including phenoxy) is 1. The van der Waals surface area contributed by atoms with Gasteiger partial charge in [0.25, 0.3) is 0 Å². The Morgan fingerprint density at radius 3 is 3.17 bits per heavy atom. The first-order chi connectivity index (χ1) is 5.97. The van der Waals surface area contributed by atoms with Crippen molar-refractivity contribution in [2.24, 2.45) is 0 Å². The summed E-state index contributed by atoms with van der Waals surface area (Å²) in [6.45, 7) is 2.45. The number of rotatable bonds is 1. The predicted octanol–water partition coefficient (Wildman–Crippen LogP) is -0.468. The normalized spacial score (nSPS) is 23.8. The van der Waals surface area contributed by atoms with Gasteiger partial charge in [0.05, 0.1) is 18.5 Å². The van der Waals surface area contributed by atoms with Crippen LogP contribution in [0.5, 0.6) is 0 Å². The largest absolute Gasteiger partial charge is 0.369 e. The van der Waals surface area contributed by atoms with E-state index in [1.165, 1.54) is 6.33 Å². The second kappa shape index (κ2) is 3.55. The van der Waals surface area contributed by atoms with Gasteiger partial charge in [-0.25, -0.2) is 4.98 Å². The lowest BCUT2D eigenvalue weighted by molar-refractivity contribution is 0.0246. The minimum atomic E-state index is 0.0363. The fraction of sp³-hybridized carbons (Fsp3) is 0.571. The first kappa shape index (κ1) is 7.57. The van der Waals surface area contributed by atoms with Crippen LogP contribution in [0.2, 0.25) is 0 Å². The number of hydrogen-bond acceptors (Lipinski definition) is 5. The summed E-state index contributed by atoms with van der Waals surface area (Å²) >= 11 is 0. The maximum atomic E-state index is 5.47. The molecule has 1 aliphatic rings. The molecule has 0 amide bonds. The van der Waals surface area contributed by atoms with E-state index >= 15 is 0 Å². The lowest BCUT2D eigenvalue weighted by atomic mass is 10.2. The van der Waals surface area contributed by atoms with E-state index < -0.39 is 0 Å². The van der Waals surface area contributed by atoms with E-state index in [4.69, 9.17) is 4.74 Å². The third kappa shape index (κ3) is 1.57. The molecule has 1 N–H and O–H groups in total. The third-order valence-electron chi connectivity index (χ3n) is 1.77. The molecule has 2 heterocycles. The highest BCUT2D eigenvalue weighted by atomic mass is 16.5. The zero-order valence-corrected chi connectivity index (χ0v) is 6.60. The smallest absolute Gasteiger partial charge is 0.138 e. The SMILES string of the molecule is c1nncc(C2CNCCO2)n1. The molecule has 2 rings (SSSR count). The molecule has 0 saturated carbocycles. The Labute approximate surface area is 70.2 Å². The molecule has 1 aromatic rings. The Morgan fingerprint density at radius 1 is 1.50 bits per heavy atom. The van der Waals surface area contributed by atoms with Crippen LogP contribution in [0.25, 0.3) is 0 Å². The van der Waals surface area contributed by atoms with Crippen LogP contribution in [-0.2, 0) is 4.74 Å². The molecule has 0 bridgehead atoms. The summed E-state index contributed by atoms with van der Waals surface area (Å²) in [5.74, 6) is 0. The van der Waals surface area contributed by atoms with Crippen molar-refractivity contribution in [3.63, 3.8) is 0 Å². The monoisotopic (exact) mass is 166 g/mol. The van der Waals surface area contributed by atoms with Gasteiger partial charge in [-0.05, 0) is 0 Å². The Hall–Kier alpha value is -1.07. The minimum absolute atomic E-state index is 0.0363. The molecule has 1 aliphatic heterocycles. The summed E-state index contributed by atoms with van der Waals surface area (Å²) in [5.41, 5.74) is 0.845. The molecule has 0 aliphatic carbocycles. The first-order valence-corrected chi connectivity index (χ1v) is 3.92. The van der Waals surface area contributed by atoms with E-state index in [0.29, 0.717) is 0 Å². The molecule has 5 heteroatoms. The van der Waals surface area contributed by atoms with Gasteiger partial charge in [0, 0.05) is 13.1 Å². The van der Waals surface area contributed by atoms with Gasteiger partial charge in [-0.15, -0.1) is 5.10 Å². The lowest BCUT2D eigenvalue weighted by Crippen LogP contribution is -2.33. The Morgan fingerprint density at radius 2 is 2.50 bits per heavy atom. The van der Waals surface area contributed by atoms with Gasteiger partial charge in [-0.3, -0.25) is 0 Å². The van der Waals surface area contributed by atoms with E-state index in [2.05, 4.69) is 20.5 Å². The standard InChI is InChI=1S/C7H10N4O/c1-2-12-7(4-8-1)6-3-10-11-5-9-6/h3,5,7-8H,1-2,4H2. The number of aromatic nitrogens is 3. The van der Waals surface area contributed by atoms with E-state index in [1.807, 2.05) is 0 Å². The summed E-state index contributed by atoms with van der Waals surface area (Å²) in [5, 5.41) is 10.6. The molecular weight excluding hydrogens is 156 g/mol. The maximum Gasteiger partial charge on any atom is 0.138 e. The minimum Gasteiger partial charge on any atom is -0.369 e. The topological polar surface area (TPSA) is 59.9 Å². The fourth-order valence-corrected chi connectivity index (χ4v) is 1.17. The van der Waals surface area contributed by atoms with Crippen molar-refractivity contribution >= 4 is 0 Å². The molecule has 1 fully saturated rings. The van der Waals surface area contributed by atoms with Gasteiger partial charge in [0.2, 0.25) is 0 Å². The van der Waals surface area contributed by atoms with E-state index in [1.54, 1.807) is 6.20 Å². The van der Waals surface area contributed by atoms with Gasteiger partial charge < -0.3 is 10.1 Å². The van der Waals surface area contributed by atoms with Gasteiger partial charge >= 0.3 is 0 Å². The Kier molecular flexibility index (Phi) is 2.24. The van der Waals surface area contributed by atoms with Crippen LogP contribution < -0.4 is 5.32 Å². The van der Waals surface area contributed by atoms with E-state index in [9.17, 15) is 0 Å². The second-order valence-corrected chi connectivity index (χ2v) is 2.59. The Bertz CT molecular complexity index is 234. The van der Waals surface area contributed by atoms with Crippen LogP contribution in [0, 0.1) is 0 Å². The van der Waals surface area contributed by atoms with Gasteiger partial charge in [0.15, 0.2) is 0 Å². The third-order valence-corrected chi connectivity index (χ3v) is 1.77. The van der Waals surface area contributed by atoms with E-state index in [0.717, 1.165) is 25.4 Å². The molecule has 0 aromatic carbocycles. The van der Waals surface area contributed by atoms with Crippen LogP contribution in [0.1, 0.15) is 11.8 Å². The highest BCUT2D eigenvalue weighted by Crippen LogP contribution is 2.13. The molecule has 0 radical (unpaired) electrons. The van der Waals surface area contributed by atoms with Gasteiger partial charge in [0.1, 0.15) is 12.4 Å². The number of nitrogens with zero attached hydrogens (tertiary/aromatic N) is 3. The Balaban J connectivity index is 2.08. The highest BCUT2D eigenvalue weighted by Gasteiger charge is 2.16. The fourth-order valence-electron chi connectivity index (χ4n) is 1.17. The average molecular weight is 166 g/mol. The van der Waals surface area contributed by atoms with Gasteiger partial charge in [-0.1, -0.05) is 0 Å². The van der Waals surface area contributed by atoms with Crippen molar-refractivity contribution in [2.75, 3.05) is 19.7 Å². The molecule has 1 aromatic heterocycles. The number of morpholine rings is 1. The zero-order valence-electron chi connectivity index (χ0n) is 6.60. The molecule has 0 spiro atoms. The quantitative estimate of drug-likeness (QED) is 0.611. The number of nitrogens with one attached hydrogen (secondary N) is 1. The second-order valence-electron chi connectivity index (χ2n) is 2.59. The predicted molar refractivity (Wildman–Crippen MR) is 41.4 cm³/mol. The molecule has 1 saturated heterocycles. The maximum absolute atomic E-state index is 5.47. The molecule has 64 valence electrons. The average Bonchev–Trinajstić information content (AvgIpc) is 2.21. The molecular formula is C7H10N4O. The first-order valence-electron chi connectivity index (χ1n) is 3.92. The zero-order chi connectivity index (χ0) is 8.23. The summed E-state index contributed by atoms with van der Waals surface area (Å²) in [6, 6.07) is 0. The molecule has 1 unspecified atom stereocenters. The summed E-state index contributed by atoms with van der Waals surface area (Å²) in [7, 11) is 0. The molecule has 12 heavy (non-hydrogen) atoms. The molecule has 1 atom stereocenters. The summed E-state index contributed by atoms with van der Waals surface area (Å²) in [4.78, 5) is 4.06. The van der Waals surface area contributed by atoms with Crippen molar-refractivity contribution in [3.05, 3.63) is 18.2 Å². The highest BCUT2D eigenvalue weighted by molar-refractivity contribution is 4.98. The van der Waals surface area contributed by atoms with Crippen molar-refractivity contribution < 1.29 is 4.74 Å².